The first kappa shape index (κ1) is 18.6. The quantitative estimate of drug-likeness (QED) is 0.553. The first-order chi connectivity index (χ1) is 11.2. The summed E-state index contributed by atoms with van der Waals surface area (Å²) in [5, 5.41) is 4.96. The lowest BCUT2D eigenvalue weighted by Gasteiger charge is -2.15. The van der Waals surface area contributed by atoms with Crippen molar-refractivity contribution in [3.63, 3.8) is 0 Å². The van der Waals surface area contributed by atoms with Crippen LogP contribution in [0.2, 0.25) is 0 Å². The third-order valence-electron chi connectivity index (χ3n) is 3.65. The van der Waals surface area contributed by atoms with E-state index in [4.69, 9.17) is 5.73 Å². The molecule has 1 unspecified atom stereocenters. The SMILES string of the molecule is CC(NC(=O)C(=O)NC[C@@H]1C[C@@H]1N)c1cccc(SC(F)(F)F)c1. The number of thioether (sulfide) groups is 1. The van der Waals surface area contributed by atoms with Gasteiger partial charge in [0.1, 0.15) is 0 Å². The Hall–Kier alpha value is -1.74. The van der Waals surface area contributed by atoms with E-state index < -0.39 is 23.4 Å². The smallest absolute Gasteiger partial charge is 0.347 e. The minimum atomic E-state index is -4.38. The van der Waals surface area contributed by atoms with Crippen LogP contribution in [0.5, 0.6) is 0 Å². The van der Waals surface area contributed by atoms with E-state index in [0.29, 0.717) is 12.1 Å². The predicted molar refractivity (Wildman–Crippen MR) is 84.0 cm³/mol. The van der Waals surface area contributed by atoms with Crippen LogP contribution in [0.1, 0.15) is 24.9 Å². The van der Waals surface area contributed by atoms with Gasteiger partial charge in [-0.1, -0.05) is 12.1 Å². The fourth-order valence-electron chi connectivity index (χ4n) is 2.14. The number of carbonyl (C=O) groups excluding carboxylic acids is 2. The second kappa shape index (κ2) is 7.43. The van der Waals surface area contributed by atoms with Gasteiger partial charge in [0.25, 0.3) is 0 Å². The van der Waals surface area contributed by atoms with Crippen LogP contribution in [0.3, 0.4) is 0 Å². The third-order valence-corrected chi connectivity index (χ3v) is 4.37. The number of hydrogen-bond donors (Lipinski definition) is 3. The predicted octanol–water partition coefficient (Wildman–Crippen LogP) is 1.94. The molecule has 3 atom stereocenters. The first-order valence-electron chi connectivity index (χ1n) is 7.35. The average molecular weight is 361 g/mol. The zero-order valence-corrected chi connectivity index (χ0v) is 13.7. The molecule has 2 rings (SSSR count). The Morgan fingerprint density at radius 3 is 2.62 bits per heavy atom. The molecule has 0 radical (unpaired) electrons. The van der Waals surface area contributed by atoms with Crippen LogP contribution in [0.15, 0.2) is 29.2 Å². The number of nitrogens with two attached hydrogens (primary N) is 1. The monoisotopic (exact) mass is 361 g/mol. The lowest BCUT2D eigenvalue weighted by atomic mass is 10.1. The van der Waals surface area contributed by atoms with Crippen molar-refractivity contribution in [2.24, 2.45) is 11.7 Å². The molecule has 1 saturated carbocycles. The van der Waals surface area contributed by atoms with Gasteiger partial charge in [0.2, 0.25) is 0 Å². The highest BCUT2D eigenvalue weighted by atomic mass is 32.2. The van der Waals surface area contributed by atoms with Crippen LogP contribution in [0, 0.1) is 5.92 Å². The minimum Gasteiger partial charge on any atom is -0.347 e. The summed E-state index contributed by atoms with van der Waals surface area (Å²) in [5.74, 6) is -1.40. The molecular weight excluding hydrogens is 343 g/mol. The first-order valence-corrected chi connectivity index (χ1v) is 8.17. The van der Waals surface area contributed by atoms with Gasteiger partial charge in [-0.05, 0) is 48.7 Å². The summed E-state index contributed by atoms with van der Waals surface area (Å²) in [4.78, 5) is 23.5. The van der Waals surface area contributed by atoms with Crippen LogP contribution < -0.4 is 16.4 Å². The standard InChI is InChI=1S/C15H18F3N3O2S/c1-8(9-3-2-4-11(5-9)24-15(16,17)18)21-14(23)13(22)20-7-10-6-12(10)19/h2-5,8,10,12H,6-7,19H2,1H3,(H,20,22)(H,21,23)/t8?,10-,12-/m0/s1. The van der Waals surface area contributed by atoms with Crippen molar-refractivity contribution in [1.29, 1.82) is 0 Å². The summed E-state index contributed by atoms with van der Waals surface area (Å²) < 4.78 is 37.2. The fraction of sp³-hybridized carbons (Fsp3) is 0.467. The fourth-order valence-corrected chi connectivity index (χ4v) is 2.75. The largest absolute Gasteiger partial charge is 0.446 e. The minimum absolute atomic E-state index is 0.0215. The Balaban J connectivity index is 1.88. The van der Waals surface area contributed by atoms with Gasteiger partial charge in [0, 0.05) is 17.5 Å². The van der Waals surface area contributed by atoms with Gasteiger partial charge < -0.3 is 16.4 Å². The van der Waals surface area contributed by atoms with E-state index in [0.717, 1.165) is 6.42 Å². The van der Waals surface area contributed by atoms with E-state index in [1.54, 1.807) is 13.0 Å². The van der Waals surface area contributed by atoms with Crippen LogP contribution in [-0.4, -0.2) is 29.9 Å². The van der Waals surface area contributed by atoms with Gasteiger partial charge in [-0.25, -0.2) is 0 Å². The van der Waals surface area contributed by atoms with E-state index in [2.05, 4.69) is 10.6 Å². The number of rotatable bonds is 5. The number of hydrogen-bond acceptors (Lipinski definition) is 4. The lowest BCUT2D eigenvalue weighted by Crippen LogP contribution is -2.41. The molecule has 132 valence electrons. The Labute approximate surface area is 141 Å². The Morgan fingerprint density at radius 1 is 1.38 bits per heavy atom. The normalized spacial score (nSPS) is 21.0. The number of amides is 2. The molecule has 24 heavy (non-hydrogen) atoms. The average Bonchev–Trinajstić information content (AvgIpc) is 3.18. The summed E-state index contributed by atoms with van der Waals surface area (Å²) >= 11 is -0.228. The highest BCUT2D eigenvalue weighted by Crippen LogP contribution is 2.37. The van der Waals surface area contributed by atoms with Gasteiger partial charge in [-0.2, -0.15) is 13.2 Å². The van der Waals surface area contributed by atoms with Crippen molar-refractivity contribution >= 4 is 23.6 Å². The lowest BCUT2D eigenvalue weighted by molar-refractivity contribution is -0.139. The summed E-state index contributed by atoms with van der Waals surface area (Å²) in [6.07, 6.45) is 0.821. The van der Waals surface area contributed by atoms with Crippen LogP contribution >= 0.6 is 11.8 Å². The molecule has 1 aromatic rings. The van der Waals surface area contributed by atoms with Gasteiger partial charge >= 0.3 is 17.3 Å². The summed E-state index contributed by atoms with van der Waals surface area (Å²) in [6.45, 7) is 1.94. The summed E-state index contributed by atoms with van der Waals surface area (Å²) in [7, 11) is 0. The molecular formula is C15H18F3N3O2S. The van der Waals surface area contributed by atoms with E-state index >= 15 is 0 Å². The Bertz CT molecular complexity index is 624. The maximum Gasteiger partial charge on any atom is 0.446 e. The zero-order valence-electron chi connectivity index (χ0n) is 12.9. The van der Waals surface area contributed by atoms with Gasteiger partial charge in [-0.15, -0.1) is 0 Å². The topological polar surface area (TPSA) is 84.2 Å². The van der Waals surface area contributed by atoms with Crippen molar-refractivity contribution in [2.75, 3.05) is 6.54 Å². The zero-order chi connectivity index (χ0) is 17.9. The molecule has 0 aliphatic heterocycles. The van der Waals surface area contributed by atoms with Crippen molar-refractivity contribution < 1.29 is 22.8 Å². The maximum atomic E-state index is 12.4. The number of nitrogens with one attached hydrogen (secondary N) is 2. The van der Waals surface area contributed by atoms with Crippen LogP contribution in [-0.2, 0) is 9.59 Å². The van der Waals surface area contributed by atoms with Gasteiger partial charge in [-0.3, -0.25) is 9.59 Å². The van der Waals surface area contributed by atoms with Crippen molar-refractivity contribution in [2.45, 2.75) is 35.8 Å². The van der Waals surface area contributed by atoms with E-state index in [1.807, 2.05) is 0 Å². The van der Waals surface area contributed by atoms with Crippen molar-refractivity contribution in [3.8, 4) is 0 Å². The van der Waals surface area contributed by atoms with Crippen LogP contribution in [0.25, 0.3) is 0 Å². The molecule has 0 aromatic heterocycles. The van der Waals surface area contributed by atoms with Crippen molar-refractivity contribution in [1.82, 2.24) is 10.6 Å². The molecule has 0 heterocycles. The van der Waals surface area contributed by atoms with Gasteiger partial charge in [0.05, 0.1) is 6.04 Å². The van der Waals surface area contributed by atoms with Crippen molar-refractivity contribution in [3.05, 3.63) is 29.8 Å². The highest BCUT2D eigenvalue weighted by molar-refractivity contribution is 8.00. The van der Waals surface area contributed by atoms with E-state index in [1.165, 1.54) is 18.2 Å². The molecule has 0 spiro atoms. The summed E-state index contributed by atoms with van der Waals surface area (Å²) in [5.41, 5.74) is 1.71. The highest BCUT2D eigenvalue weighted by Gasteiger charge is 2.34. The Kier molecular flexibility index (Phi) is 5.76. The number of halogens is 3. The molecule has 4 N–H and O–H groups in total. The molecule has 1 fully saturated rings. The summed E-state index contributed by atoms with van der Waals surface area (Å²) in [6, 6.07) is 5.21. The molecule has 1 aromatic carbocycles. The molecule has 5 nitrogen and oxygen atoms in total. The molecule has 2 amide bonds. The second-order valence-electron chi connectivity index (χ2n) is 5.69. The maximum absolute atomic E-state index is 12.4. The molecule has 0 saturated heterocycles. The number of carbonyl (C=O) groups is 2. The number of benzene rings is 1. The third kappa shape index (κ3) is 5.72. The molecule has 0 bridgehead atoms. The van der Waals surface area contributed by atoms with Gasteiger partial charge in [0.15, 0.2) is 0 Å². The Morgan fingerprint density at radius 2 is 2.04 bits per heavy atom. The van der Waals surface area contributed by atoms with Crippen LogP contribution in [0.4, 0.5) is 13.2 Å². The molecule has 1 aliphatic rings. The number of alkyl halides is 3. The molecule has 9 heteroatoms. The molecule has 1 aliphatic carbocycles. The van der Waals surface area contributed by atoms with E-state index in [9.17, 15) is 22.8 Å². The van der Waals surface area contributed by atoms with E-state index in [-0.39, 0.29) is 28.6 Å². The second-order valence-corrected chi connectivity index (χ2v) is 6.82.